The van der Waals surface area contributed by atoms with E-state index in [9.17, 15) is 20.1 Å². The minimum Gasteiger partial charge on any atom is -0.486 e. The molecular formula is C14H22N4O6S. The standard InChI is InChI=1S/C14H22N4O6S/c1-6(2)7(3)18(14(22)25)12-10(20)9(19)11(24-12)17-5-4-8(16-23)15-13(17)21/h4-7,9-12,19-20,23H,1-3H3,(H,22,25)(H,15,16,21)/t7-,9+,10-,11+,12+/m0/s1. The molecular weight excluding hydrogens is 352 g/mol. The third-order valence-electron chi connectivity index (χ3n) is 4.36. The average Bonchev–Trinajstić information content (AvgIpc) is 2.83. The molecule has 0 amide bonds. The highest BCUT2D eigenvalue weighted by atomic mass is 32.1. The van der Waals surface area contributed by atoms with Gasteiger partial charge in [-0.25, -0.2) is 4.79 Å². The molecule has 1 aliphatic rings. The van der Waals surface area contributed by atoms with E-state index in [2.05, 4.69) is 10.1 Å². The summed E-state index contributed by atoms with van der Waals surface area (Å²) in [6.07, 6.45) is -3.95. The average molecular weight is 374 g/mol. The van der Waals surface area contributed by atoms with Gasteiger partial charge in [-0.3, -0.25) is 9.55 Å². The van der Waals surface area contributed by atoms with E-state index in [1.807, 2.05) is 13.8 Å². The van der Waals surface area contributed by atoms with Crippen LogP contribution in [0.1, 0.15) is 27.0 Å². The smallest absolute Gasteiger partial charge is 0.329 e. The molecule has 1 aliphatic heterocycles. The maximum absolute atomic E-state index is 12.1. The van der Waals surface area contributed by atoms with Crippen molar-refractivity contribution in [2.45, 2.75) is 51.5 Å². The van der Waals surface area contributed by atoms with Gasteiger partial charge in [0.25, 0.3) is 5.17 Å². The van der Waals surface area contributed by atoms with Crippen LogP contribution in [-0.4, -0.2) is 64.6 Å². The number of nitrogens with one attached hydrogen (secondary N) is 1. The second-order valence-corrected chi connectivity index (χ2v) is 6.58. The van der Waals surface area contributed by atoms with Gasteiger partial charge in [-0.05, 0) is 25.1 Å². The fraction of sp³-hybridized carbons (Fsp3) is 0.643. The van der Waals surface area contributed by atoms with Crippen molar-refractivity contribution in [3.8, 4) is 0 Å². The summed E-state index contributed by atoms with van der Waals surface area (Å²) in [4.78, 5) is 15.6. The molecule has 0 bridgehead atoms. The Kier molecular flexibility index (Phi) is 5.83. The highest BCUT2D eigenvalue weighted by molar-refractivity contribution is 7.79. The van der Waals surface area contributed by atoms with Crippen molar-refractivity contribution < 1.29 is 25.3 Å². The number of rotatable bonds is 4. The Morgan fingerprint density at radius 2 is 2.04 bits per heavy atom. The van der Waals surface area contributed by atoms with Crippen molar-refractivity contribution in [2.75, 3.05) is 0 Å². The SMILES string of the molecule is CC(C)[C@H](C)N(C(O)=S)[C@@H]1O[C@@H](n2cc/c(=N/O)[nH]c2=O)[C@H](O)[C@@H]1O. The Hall–Kier alpha value is -1.95. The molecule has 0 aromatic carbocycles. The van der Waals surface area contributed by atoms with E-state index in [-0.39, 0.29) is 17.4 Å². The highest BCUT2D eigenvalue weighted by Crippen LogP contribution is 2.32. The van der Waals surface area contributed by atoms with E-state index in [4.69, 9.17) is 22.2 Å². The van der Waals surface area contributed by atoms with Gasteiger partial charge in [0.2, 0.25) is 0 Å². The van der Waals surface area contributed by atoms with Crippen LogP contribution in [-0.2, 0) is 4.74 Å². The van der Waals surface area contributed by atoms with Crippen LogP contribution < -0.4 is 11.2 Å². The molecule has 0 saturated carbocycles. The topological polar surface area (TPSA) is 144 Å². The number of aliphatic hydroxyl groups is 3. The summed E-state index contributed by atoms with van der Waals surface area (Å²) < 4.78 is 6.66. The molecule has 1 aromatic rings. The fourth-order valence-electron chi connectivity index (χ4n) is 2.63. The molecule has 5 N–H and O–H groups in total. The van der Waals surface area contributed by atoms with Crippen molar-refractivity contribution in [2.24, 2.45) is 11.1 Å². The molecule has 1 fully saturated rings. The van der Waals surface area contributed by atoms with Crippen LogP contribution in [0.5, 0.6) is 0 Å². The van der Waals surface area contributed by atoms with Crippen molar-refractivity contribution in [3.05, 3.63) is 28.2 Å². The van der Waals surface area contributed by atoms with Gasteiger partial charge < -0.3 is 30.2 Å². The number of hydrogen-bond acceptors (Lipinski definition) is 7. The zero-order valence-corrected chi connectivity index (χ0v) is 14.8. The minimum absolute atomic E-state index is 0.0681. The number of ether oxygens (including phenoxy) is 1. The summed E-state index contributed by atoms with van der Waals surface area (Å²) >= 11 is 4.85. The van der Waals surface area contributed by atoms with E-state index in [0.717, 1.165) is 4.57 Å². The lowest BCUT2D eigenvalue weighted by molar-refractivity contribution is -0.101. The number of H-pyrrole nitrogens is 1. The monoisotopic (exact) mass is 374 g/mol. The van der Waals surface area contributed by atoms with Gasteiger partial charge in [0.05, 0.1) is 0 Å². The maximum atomic E-state index is 12.1. The molecule has 25 heavy (non-hydrogen) atoms. The summed E-state index contributed by atoms with van der Waals surface area (Å²) in [5.41, 5.74) is -0.778. The lowest BCUT2D eigenvalue weighted by Gasteiger charge is -2.36. The number of nitrogens with zero attached hydrogens (tertiary/aromatic N) is 3. The van der Waals surface area contributed by atoms with Gasteiger partial charge in [-0.2, -0.15) is 0 Å². The van der Waals surface area contributed by atoms with Crippen LogP contribution in [0, 0.1) is 5.92 Å². The van der Waals surface area contributed by atoms with Crippen LogP contribution >= 0.6 is 12.2 Å². The van der Waals surface area contributed by atoms with Gasteiger partial charge >= 0.3 is 5.69 Å². The van der Waals surface area contributed by atoms with E-state index >= 15 is 0 Å². The predicted molar refractivity (Wildman–Crippen MR) is 89.7 cm³/mol. The quantitative estimate of drug-likeness (QED) is 0.263. The zero-order chi connectivity index (χ0) is 18.9. The molecule has 0 aliphatic carbocycles. The Bertz CT molecular complexity index is 747. The maximum Gasteiger partial charge on any atom is 0.329 e. The number of aliphatic hydroxyl groups excluding tert-OH is 3. The minimum atomic E-state index is -1.44. The Morgan fingerprint density at radius 1 is 1.40 bits per heavy atom. The van der Waals surface area contributed by atoms with Gasteiger partial charge in [-0.1, -0.05) is 19.0 Å². The summed E-state index contributed by atoms with van der Waals surface area (Å²) in [5, 5.41) is 41.6. The van der Waals surface area contributed by atoms with E-state index < -0.39 is 35.5 Å². The van der Waals surface area contributed by atoms with E-state index in [1.165, 1.54) is 17.2 Å². The molecule has 1 aromatic heterocycles. The second kappa shape index (κ2) is 7.52. The largest absolute Gasteiger partial charge is 0.486 e. The molecule has 0 spiro atoms. The van der Waals surface area contributed by atoms with E-state index in [0.29, 0.717) is 0 Å². The Labute approximate surface area is 148 Å². The van der Waals surface area contributed by atoms with Gasteiger partial charge in [0, 0.05) is 18.3 Å². The van der Waals surface area contributed by atoms with Crippen LogP contribution in [0.2, 0.25) is 0 Å². The Morgan fingerprint density at radius 3 is 2.52 bits per heavy atom. The van der Waals surface area contributed by atoms with Crippen LogP contribution in [0.4, 0.5) is 0 Å². The molecule has 1 saturated heterocycles. The van der Waals surface area contributed by atoms with Crippen molar-refractivity contribution in [3.63, 3.8) is 0 Å². The lowest BCUT2D eigenvalue weighted by atomic mass is 10.0. The molecule has 0 radical (unpaired) electrons. The second-order valence-electron chi connectivity index (χ2n) is 6.21. The van der Waals surface area contributed by atoms with Crippen molar-refractivity contribution in [1.82, 2.24) is 14.5 Å². The first-order chi connectivity index (χ1) is 11.7. The number of hydrogen-bond donors (Lipinski definition) is 5. The molecule has 2 heterocycles. The molecule has 10 nitrogen and oxygen atoms in total. The van der Waals surface area contributed by atoms with Gasteiger partial charge in [-0.15, -0.1) is 0 Å². The Balaban J connectivity index is 2.37. The highest BCUT2D eigenvalue weighted by Gasteiger charge is 2.48. The van der Waals surface area contributed by atoms with Crippen LogP contribution in [0.25, 0.3) is 0 Å². The summed E-state index contributed by atoms with van der Waals surface area (Å²) in [6, 6.07) is 1.00. The molecule has 11 heteroatoms. The van der Waals surface area contributed by atoms with Gasteiger partial charge in [0.1, 0.15) is 12.2 Å². The van der Waals surface area contributed by atoms with Crippen LogP contribution in [0.15, 0.2) is 22.2 Å². The third kappa shape index (κ3) is 3.68. The normalized spacial score (nSPS) is 28.3. The summed E-state index contributed by atoms with van der Waals surface area (Å²) in [5.74, 6) is 0.0681. The van der Waals surface area contributed by atoms with Gasteiger partial charge in [0.15, 0.2) is 17.9 Å². The molecule has 0 unspecified atom stereocenters. The fourth-order valence-corrected chi connectivity index (χ4v) is 2.90. The first kappa shape index (κ1) is 19.4. The van der Waals surface area contributed by atoms with Crippen molar-refractivity contribution >= 4 is 17.4 Å². The number of aromatic amines is 1. The first-order valence-electron chi connectivity index (χ1n) is 7.71. The zero-order valence-electron chi connectivity index (χ0n) is 14.0. The molecule has 5 atom stereocenters. The summed E-state index contributed by atoms with van der Waals surface area (Å²) in [7, 11) is 0. The van der Waals surface area contributed by atoms with Crippen molar-refractivity contribution in [1.29, 1.82) is 0 Å². The lowest BCUT2D eigenvalue weighted by Crippen LogP contribution is -2.52. The van der Waals surface area contributed by atoms with Crippen LogP contribution in [0.3, 0.4) is 0 Å². The molecule has 2 rings (SSSR count). The number of thiocarbonyl (C=S) groups is 1. The third-order valence-corrected chi connectivity index (χ3v) is 4.57. The summed E-state index contributed by atoms with van der Waals surface area (Å²) in [6.45, 7) is 5.60. The predicted octanol–water partition coefficient (Wildman–Crippen LogP) is -0.768. The van der Waals surface area contributed by atoms with E-state index in [1.54, 1.807) is 6.92 Å². The first-order valence-corrected chi connectivity index (χ1v) is 8.12. The number of aromatic nitrogens is 2. The molecule has 140 valence electrons.